The molecule has 0 aromatic heterocycles. The minimum Gasteiger partial charge on any atom is -0.458 e. The smallest absolute Gasteiger partial charge is 0.122 e. The van der Waals surface area contributed by atoms with Gasteiger partial charge < -0.3 is 4.74 Å². The van der Waals surface area contributed by atoms with Crippen molar-refractivity contribution in [1.82, 2.24) is 0 Å². The highest BCUT2D eigenvalue weighted by molar-refractivity contribution is 5.17. The molecule has 0 aliphatic carbocycles. The van der Waals surface area contributed by atoms with Gasteiger partial charge in [-0.25, -0.2) is 0 Å². The summed E-state index contributed by atoms with van der Waals surface area (Å²) in [6.45, 7) is 11.9. The van der Waals surface area contributed by atoms with Crippen molar-refractivity contribution in [3.63, 3.8) is 0 Å². The van der Waals surface area contributed by atoms with E-state index >= 15 is 0 Å². The Morgan fingerprint density at radius 3 is 1.59 bits per heavy atom. The molecule has 0 saturated carbocycles. The standard InChI is InChI=1S/C16H26O/c1-5-9-11-13-15(7-3)17-16(8-4)14-12-10-6-2/h7-8,13-14H,3-6,9-12H2,1-2H3. The molecule has 0 saturated heterocycles. The van der Waals surface area contributed by atoms with Gasteiger partial charge in [0.15, 0.2) is 0 Å². The minimum atomic E-state index is 0.834. The fourth-order valence-electron chi connectivity index (χ4n) is 1.37. The first kappa shape index (κ1) is 15.8. The number of hydrogen-bond acceptors (Lipinski definition) is 1. The van der Waals surface area contributed by atoms with E-state index < -0.39 is 0 Å². The van der Waals surface area contributed by atoms with Crippen molar-refractivity contribution >= 4 is 0 Å². The molecule has 0 rings (SSSR count). The summed E-state index contributed by atoms with van der Waals surface area (Å²) in [6.07, 6.45) is 14.5. The van der Waals surface area contributed by atoms with Gasteiger partial charge >= 0.3 is 0 Å². The van der Waals surface area contributed by atoms with Crippen molar-refractivity contribution in [2.24, 2.45) is 0 Å². The van der Waals surface area contributed by atoms with Crippen molar-refractivity contribution in [3.8, 4) is 0 Å². The zero-order chi connectivity index (χ0) is 12.9. The Bertz CT molecular complexity index is 243. The molecule has 0 aliphatic rings. The van der Waals surface area contributed by atoms with Crippen LogP contribution in [-0.2, 0) is 4.74 Å². The van der Waals surface area contributed by atoms with E-state index in [0.717, 1.165) is 24.4 Å². The second kappa shape index (κ2) is 11.3. The van der Waals surface area contributed by atoms with E-state index in [-0.39, 0.29) is 0 Å². The number of unbranched alkanes of at least 4 members (excludes halogenated alkanes) is 4. The van der Waals surface area contributed by atoms with Gasteiger partial charge in [-0.15, -0.1) is 0 Å². The molecule has 1 nitrogen and oxygen atoms in total. The molecule has 0 unspecified atom stereocenters. The first-order valence-electron chi connectivity index (χ1n) is 6.61. The molecule has 0 fully saturated rings. The third-order valence-corrected chi connectivity index (χ3v) is 2.44. The zero-order valence-corrected chi connectivity index (χ0v) is 11.4. The van der Waals surface area contributed by atoms with E-state index in [1.807, 2.05) is 0 Å². The molecule has 0 bridgehead atoms. The third-order valence-electron chi connectivity index (χ3n) is 2.44. The van der Waals surface area contributed by atoms with E-state index in [1.54, 1.807) is 12.2 Å². The lowest BCUT2D eigenvalue weighted by atomic mass is 10.2. The molecule has 0 atom stereocenters. The SMILES string of the molecule is C=CC(=CCCCC)OC(C=C)=CCCCC. The average molecular weight is 234 g/mol. The lowest BCUT2D eigenvalue weighted by molar-refractivity contribution is 0.332. The van der Waals surface area contributed by atoms with Crippen LogP contribution in [0.2, 0.25) is 0 Å². The van der Waals surface area contributed by atoms with Crippen LogP contribution in [0.1, 0.15) is 52.4 Å². The van der Waals surface area contributed by atoms with Crippen LogP contribution in [0.5, 0.6) is 0 Å². The van der Waals surface area contributed by atoms with Crippen LogP contribution < -0.4 is 0 Å². The molecule has 0 spiro atoms. The summed E-state index contributed by atoms with van der Waals surface area (Å²) in [5, 5.41) is 0. The maximum atomic E-state index is 5.73. The predicted molar refractivity (Wildman–Crippen MR) is 76.7 cm³/mol. The topological polar surface area (TPSA) is 9.23 Å². The maximum absolute atomic E-state index is 5.73. The minimum absolute atomic E-state index is 0.834. The first-order valence-corrected chi connectivity index (χ1v) is 6.61. The molecule has 1 heteroatoms. The second-order valence-corrected chi connectivity index (χ2v) is 4.01. The molecule has 0 N–H and O–H groups in total. The second-order valence-electron chi connectivity index (χ2n) is 4.01. The van der Waals surface area contributed by atoms with E-state index in [9.17, 15) is 0 Å². The zero-order valence-electron chi connectivity index (χ0n) is 11.4. The van der Waals surface area contributed by atoms with E-state index in [1.165, 1.54) is 25.7 Å². The van der Waals surface area contributed by atoms with E-state index in [0.29, 0.717) is 0 Å². The molecule has 0 aromatic carbocycles. The highest BCUT2D eigenvalue weighted by atomic mass is 16.5. The molecule has 0 aromatic rings. The number of rotatable bonds is 10. The largest absolute Gasteiger partial charge is 0.458 e. The molecular formula is C16H26O. The summed E-state index contributed by atoms with van der Waals surface area (Å²) < 4.78 is 5.73. The Morgan fingerprint density at radius 1 is 0.882 bits per heavy atom. The van der Waals surface area contributed by atoms with Crippen molar-refractivity contribution in [2.45, 2.75) is 52.4 Å². The molecule has 0 radical (unpaired) electrons. The van der Waals surface area contributed by atoms with Crippen molar-refractivity contribution in [2.75, 3.05) is 0 Å². The van der Waals surface area contributed by atoms with Gasteiger partial charge in [-0.05, 0) is 50.0 Å². The Labute approximate surface area is 107 Å². The van der Waals surface area contributed by atoms with Gasteiger partial charge in [-0.3, -0.25) is 0 Å². The molecule has 0 heterocycles. The maximum Gasteiger partial charge on any atom is 0.122 e. The van der Waals surface area contributed by atoms with E-state index in [4.69, 9.17) is 4.74 Å². The van der Waals surface area contributed by atoms with Crippen molar-refractivity contribution in [3.05, 3.63) is 49.0 Å². The van der Waals surface area contributed by atoms with Gasteiger partial charge in [0.05, 0.1) is 0 Å². The van der Waals surface area contributed by atoms with Crippen molar-refractivity contribution in [1.29, 1.82) is 0 Å². The Kier molecular flexibility index (Phi) is 10.4. The highest BCUT2D eigenvalue weighted by Crippen LogP contribution is 2.12. The number of hydrogen-bond donors (Lipinski definition) is 0. The van der Waals surface area contributed by atoms with Gasteiger partial charge in [-0.2, -0.15) is 0 Å². The Hall–Kier alpha value is -1.24. The molecule has 0 aliphatic heterocycles. The molecule has 17 heavy (non-hydrogen) atoms. The van der Waals surface area contributed by atoms with Crippen LogP contribution in [0, 0.1) is 0 Å². The average Bonchev–Trinajstić information content (AvgIpc) is 2.36. The van der Waals surface area contributed by atoms with E-state index in [2.05, 4.69) is 39.2 Å². The van der Waals surface area contributed by atoms with Crippen LogP contribution >= 0.6 is 0 Å². The van der Waals surface area contributed by atoms with Crippen LogP contribution in [-0.4, -0.2) is 0 Å². The van der Waals surface area contributed by atoms with Gasteiger partial charge in [-0.1, -0.05) is 39.8 Å². The first-order chi connectivity index (χ1) is 8.28. The Balaban J connectivity index is 4.30. The summed E-state index contributed by atoms with van der Waals surface area (Å²) >= 11 is 0. The summed E-state index contributed by atoms with van der Waals surface area (Å²) in [5.74, 6) is 1.67. The molecule has 0 amide bonds. The molecular weight excluding hydrogens is 208 g/mol. The van der Waals surface area contributed by atoms with Gasteiger partial charge in [0.1, 0.15) is 11.5 Å². The molecule has 96 valence electrons. The fourth-order valence-corrected chi connectivity index (χ4v) is 1.37. The van der Waals surface area contributed by atoms with Crippen molar-refractivity contribution < 1.29 is 4.74 Å². The lowest BCUT2D eigenvalue weighted by Gasteiger charge is -2.07. The van der Waals surface area contributed by atoms with Gasteiger partial charge in [0.2, 0.25) is 0 Å². The van der Waals surface area contributed by atoms with Gasteiger partial charge in [0.25, 0.3) is 0 Å². The normalized spacial score (nSPS) is 12.4. The van der Waals surface area contributed by atoms with Gasteiger partial charge in [0, 0.05) is 0 Å². The summed E-state index contributed by atoms with van der Waals surface area (Å²) in [6, 6.07) is 0. The third kappa shape index (κ3) is 8.56. The highest BCUT2D eigenvalue weighted by Gasteiger charge is 1.96. The number of allylic oxidation sites excluding steroid dienone is 4. The summed E-state index contributed by atoms with van der Waals surface area (Å²) in [4.78, 5) is 0. The summed E-state index contributed by atoms with van der Waals surface area (Å²) in [7, 11) is 0. The predicted octanol–water partition coefficient (Wildman–Crippen LogP) is 5.52. The Morgan fingerprint density at radius 2 is 1.29 bits per heavy atom. The lowest BCUT2D eigenvalue weighted by Crippen LogP contribution is -1.89. The monoisotopic (exact) mass is 234 g/mol. The summed E-state index contributed by atoms with van der Waals surface area (Å²) in [5.41, 5.74) is 0. The van der Waals surface area contributed by atoms with Crippen LogP contribution in [0.25, 0.3) is 0 Å². The van der Waals surface area contributed by atoms with Crippen LogP contribution in [0.4, 0.5) is 0 Å². The quantitative estimate of drug-likeness (QED) is 0.274. The fraction of sp³-hybridized carbons (Fsp3) is 0.500. The van der Waals surface area contributed by atoms with Crippen LogP contribution in [0.3, 0.4) is 0 Å². The van der Waals surface area contributed by atoms with Crippen LogP contribution in [0.15, 0.2) is 49.0 Å². The number of ether oxygens (including phenoxy) is 1.